The van der Waals surface area contributed by atoms with Gasteiger partial charge in [0.1, 0.15) is 11.4 Å². The normalized spacial score (nSPS) is 18.3. The van der Waals surface area contributed by atoms with E-state index in [0.29, 0.717) is 35.7 Å². The fourth-order valence-corrected chi connectivity index (χ4v) is 4.47. The minimum Gasteiger partial charge on any atom is -0.489 e. The second-order valence-electron chi connectivity index (χ2n) is 9.19. The van der Waals surface area contributed by atoms with Crippen molar-refractivity contribution in [2.45, 2.75) is 58.2 Å². The number of carbonyl (C=O) groups is 2. The number of hydrogen-bond donors (Lipinski definition) is 3. The molecular formula is C26H32N6O4. The van der Waals surface area contributed by atoms with E-state index in [1.54, 1.807) is 11.7 Å². The molecule has 0 bridgehead atoms. The van der Waals surface area contributed by atoms with Crippen LogP contribution in [0.3, 0.4) is 0 Å². The molecule has 3 aromatic rings. The van der Waals surface area contributed by atoms with Crippen molar-refractivity contribution in [3.05, 3.63) is 59.4 Å². The van der Waals surface area contributed by atoms with Gasteiger partial charge in [-0.25, -0.2) is 14.5 Å². The van der Waals surface area contributed by atoms with Crippen molar-refractivity contribution >= 4 is 12.0 Å². The van der Waals surface area contributed by atoms with E-state index in [1.807, 2.05) is 56.3 Å². The quantitative estimate of drug-likeness (QED) is 0.436. The zero-order valence-electron chi connectivity index (χ0n) is 20.8. The van der Waals surface area contributed by atoms with Gasteiger partial charge in [0.05, 0.1) is 41.7 Å². The summed E-state index contributed by atoms with van der Waals surface area (Å²) in [7, 11) is 1.77. The minimum atomic E-state index is -0.763. The molecule has 4 rings (SSSR count). The van der Waals surface area contributed by atoms with Crippen molar-refractivity contribution in [1.29, 1.82) is 0 Å². The molecule has 1 aromatic carbocycles. The number of aryl methyl sites for hydroxylation is 2. The molecule has 190 valence electrons. The summed E-state index contributed by atoms with van der Waals surface area (Å²) in [5.74, 6) is -0.494. The molecule has 36 heavy (non-hydrogen) atoms. The smallest absolute Gasteiger partial charge is 0.315 e. The van der Waals surface area contributed by atoms with Crippen LogP contribution in [-0.4, -0.2) is 43.2 Å². The first kappa shape index (κ1) is 25.2. The maximum atomic E-state index is 12.5. The largest absolute Gasteiger partial charge is 0.489 e. The van der Waals surface area contributed by atoms with Gasteiger partial charge in [-0.3, -0.25) is 4.79 Å². The summed E-state index contributed by atoms with van der Waals surface area (Å²) >= 11 is 0. The van der Waals surface area contributed by atoms with E-state index in [0.717, 1.165) is 24.1 Å². The van der Waals surface area contributed by atoms with Gasteiger partial charge in [0, 0.05) is 7.05 Å². The Balaban J connectivity index is 1.40. The molecule has 10 nitrogen and oxygen atoms in total. The van der Waals surface area contributed by atoms with E-state index in [1.165, 1.54) is 0 Å². The lowest BCUT2D eigenvalue weighted by atomic mass is 9.87. The monoisotopic (exact) mass is 492 g/mol. The lowest BCUT2D eigenvalue weighted by molar-refractivity contribution is -0.143. The van der Waals surface area contributed by atoms with Gasteiger partial charge in [0.2, 0.25) is 0 Å². The molecule has 0 saturated heterocycles. The van der Waals surface area contributed by atoms with Crippen LogP contribution in [0.4, 0.5) is 4.79 Å². The number of rotatable bonds is 8. The number of aliphatic carboxylic acids is 1. The molecule has 0 spiro atoms. The predicted molar refractivity (Wildman–Crippen MR) is 133 cm³/mol. The number of urea groups is 1. The molecule has 2 amide bonds. The highest BCUT2D eigenvalue weighted by molar-refractivity contribution is 5.74. The molecule has 0 radical (unpaired) electrons. The number of pyridine rings is 1. The Kier molecular flexibility index (Phi) is 7.82. The van der Waals surface area contributed by atoms with E-state index in [2.05, 4.69) is 25.9 Å². The molecule has 2 heterocycles. The maximum Gasteiger partial charge on any atom is 0.315 e. The highest BCUT2D eigenvalue weighted by Gasteiger charge is 2.28. The molecule has 3 N–H and O–H groups in total. The first-order valence-electron chi connectivity index (χ1n) is 12.2. The van der Waals surface area contributed by atoms with E-state index in [-0.39, 0.29) is 30.6 Å². The number of benzene rings is 1. The summed E-state index contributed by atoms with van der Waals surface area (Å²) < 4.78 is 7.73. The average molecular weight is 493 g/mol. The lowest BCUT2D eigenvalue weighted by Gasteiger charge is -2.27. The Morgan fingerprint density at radius 3 is 2.69 bits per heavy atom. The number of hydrogen-bond acceptors (Lipinski definition) is 6. The van der Waals surface area contributed by atoms with Crippen LogP contribution in [0.25, 0.3) is 11.4 Å². The van der Waals surface area contributed by atoms with E-state index < -0.39 is 5.97 Å². The second kappa shape index (κ2) is 11.2. The average Bonchev–Trinajstić information content (AvgIpc) is 3.24. The molecule has 3 atom stereocenters. The Morgan fingerprint density at radius 1 is 1.19 bits per heavy atom. The van der Waals surface area contributed by atoms with Crippen LogP contribution in [0.5, 0.6) is 5.75 Å². The highest BCUT2D eigenvalue weighted by Crippen LogP contribution is 2.30. The zero-order chi connectivity index (χ0) is 25.7. The Labute approximate surface area is 210 Å². The van der Waals surface area contributed by atoms with Gasteiger partial charge >= 0.3 is 12.0 Å². The number of nitrogens with zero attached hydrogens (tertiary/aromatic N) is 4. The van der Waals surface area contributed by atoms with Crippen LogP contribution in [-0.2, 0) is 18.4 Å². The summed E-state index contributed by atoms with van der Waals surface area (Å²) in [5.41, 5.74) is 3.62. The van der Waals surface area contributed by atoms with Gasteiger partial charge in [-0.1, -0.05) is 35.5 Å². The Hall–Kier alpha value is -3.95. The summed E-state index contributed by atoms with van der Waals surface area (Å²) in [4.78, 5) is 28.5. The van der Waals surface area contributed by atoms with Crippen molar-refractivity contribution in [1.82, 2.24) is 30.6 Å². The highest BCUT2D eigenvalue weighted by atomic mass is 16.5. The van der Waals surface area contributed by atoms with Crippen LogP contribution in [0, 0.1) is 12.8 Å². The predicted octanol–water partition coefficient (Wildman–Crippen LogP) is 3.77. The zero-order valence-corrected chi connectivity index (χ0v) is 20.8. The van der Waals surface area contributed by atoms with Crippen molar-refractivity contribution in [2.75, 3.05) is 0 Å². The summed E-state index contributed by atoms with van der Waals surface area (Å²) in [5, 5.41) is 23.5. The van der Waals surface area contributed by atoms with Gasteiger partial charge in [0.15, 0.2) is 0 Å². The van der Waals surface area contributed by atoms with E-state index in [4.69, 9.17) is 4.74 Å². The minimum absolute atomic E-state index is 0.137. The molecule has 10 heteroatoms. The Morgan fingerprint density at radius 2 is 1.97 bits per heavy atom. The number of carboxylic acids is 1. The molecule has 1 aliphatic carbocycles. The van der Waals surface area contributed by atoms with Crippen molar-refractivity contribution in [2.24, 2.45) is 13.0 Å². The molecule has 0 unspecified atom stereocenters. The van der Waals surface area contributed by atoms with E-state index in [9.17, 15) is 14.7 Å². The number of amides is 2. The van der Waals surface area contributed by atoms with E-state index >= 15 is 0 Å². The molecular weight excluding hydrogens is 460 g/mol. The first-order chi connectivity index (χ1) is 17.3. The maximum absolute atomic E-state index is 12.5. The second-order valence-corrected chi connectivity index (χ2v) is 9.19. The fourth-order valence-electron chi connectivity index (χ4n) is 4.47. The third kappa shape index (κ3) is 5.99. The van der Waals surface area contributed by atoms with Gasteiger partial charge in [-0.15, -0.1) is 5.10 Å². The standard InChI is InChI=1S/C26H32N6O4/c1-16(18-8-5-4-6-9-18)29-26(35)27-15-22-24(30-31-32(22)3)21-12-13-23(17(2)28-21)36-20-11-7-10-19(14-20)25(33)34/h4-6,8-9,12-13,16,19-20H,7,10-11,14-15H2,1-3H3,(H,33,34)(H2,27,29,35)/t16-,19+,20+/m1/s1. The van der Waals surface area contributed by atoms with Crippen molar-refractivity contribution in [3.63, 3.8) is 0 Å². The summed E-state index contributed by atoms with van der Waals surface area (Å²) in [6.45, 7) is 4.00. The number of ether oxygens (including phenoxy) is 1. The Bertz CT molecular complexity index is 1210. The van der Waals surface area contributed by atoms with Gasteiger partial charge < -0.3 is 20.5 Å². The molecule has 2 aromatic heterocycles. The third-order valence-corrected chi connectivity index (χ3v) is 6.56. The van der Waals surface area contributed by atoms with Crippen LogP contribution in [0.1, 0.15) is 55.6 Å². The summed E-state index contributed by atoms with van der Waals surface area (Å²) in [6, 6.07) is 13.0. The van der Waals surface area contributed by atoms with Crippen LogP contribution >= 0.6 is 0 Å². The van der Waals surface area contributed by atoms with Crippen molar-refractivity contribution in [3.8, 4) is 17.1 Å². The molecule has 1 saturated carbocycles. The molecule has 1 fully saturated rings. The van der Waals surface area contributed by atoms with Crippen LogP contribution in [0.15, 0.2) is 42.5 Å². The topological polar surface area (TPSA) is 131 Å². The summed E-state index contributed by atoms with van der Waals surface area (Å²) in [6.07, 6.45) is 2.72. The number of nitrogens with one attached hydrogen (secondary N) is 2. The number of carboxylic acid groups (broad SMARTS) is 1. The van der Waals surface area contributed by atoms with Crippen LogP contribution in [0.2, 0.25) is 0 Å². The SMILES string of the molecule is Cc1nc(-c2nnn(C)c2CNC(=O)N[C@H](C)c2ccccc2)ccc1O[C@H]1CCC[C@H](C(=O)O)C1. The molecule has 1 aliphatic rings. The number of carbonyl (C=O) groups excluding carboxylic acids is 1. The lowest BCUT2D eigenvalue weighted by Crippen LogP contribution is -2.37. The first-order valence-corrected chi connectivity index (χ1v) is 12.2. The fraction of sp³-hybridized carbons (Fsp3) is 0.423. The number of aromatic nitrogens is 4. The van der Waals surface area contributed by atoms with Crippen LogP contribution < -0.4 is 15.4 Å². The third-order valence-electron chi connectivity index (χ3n) is 6.56. The van der Waals surface area contributed by atoms with Gasteiger partial charge in [0.25, 0.3) is 0 Å². The van der Waals surface area contributed by atoms with Crippen molar-refractivity contribution < 1.29 is 19.4 Å². The van der Waals surface area contributed by atoms with Gasteiger partial charge in [-0.2, -0.15) is 0 Å². The molecule has 0 aliphatic heterocycles. The van der Waals surface area contributed by atoms with Gasteiger partial charge in [-0.05, 0) is 57.2 Å².